The lowest BCUT2D eigenvalue weighted by molar-refractivity contribution is 0.383. The molecule has 9 heteroatoms. The standard InChI is InChI=1S/C12H16N6O2S/c13-10-7-14-2-1-11(10)17-3-5-18(6-4-17)21(19,20)12-8-15-9-16-12/h1-2,7-9H,3-6,13H2,(H,15,16). The van der Waals surface area contributed by atoms with Crippen LogP contribution in [-0.4, -0.2) is 53.9 Å². The monoisotopic (exact) mass is 308 g/mol. The average Bonchev–Trinajstić information content (AvgIpc) is 3.03. The second kappa shape index (κ2) is 5.34. The number of piperazine rings is 1. The smallest absolute Gasteiger partial charge is 0.260 e. The van der Waals surface area contributed by atoms with Crippen molar-refractivity contribution in [3.63, 3.8) is 0 Å². The molecule has 0 unspecified atom stereocenters. The van der Waals surface area contributed by atoms with Gasteiger partial charge in [-0.1, -0.05) is 0 Å². The maximum Gasteiger partial charge on any atom is 0.260 e. The molecule has 3 heterocycles. The van der Waals surface area contributed by atoms with E-state index < -0.39 is 10.0 Å². The van der Waals surface area contributed by atoms with Crippen LogP contribution in [0.1, 0.15) is 0 Å². The lowest BCUT2D eigenvalue weighted by atomic mass is 10.2. The molecule has 0 saturated carbocycles. The fourth-order valence-corrected chi connectivity index (χ4v) is 3.70. The molecule has 3 N–H and O–H groups in total. The molecule has 0 amide bonds. The lowest BCUT2D eigenvalue weighted by Crippen LogP contribution is -2.48. The molecule has 1 saturated heterocycles. The molecule has 0 spiro atoms. The molecule has 0 aromatic carbocycles. The molecule has 21 heavy (non-hydrogen) atoms. The van der Waals surface area contributed by atoms with Crippen molar-refractivity contribution >= 4 is 21.4 Å². The van der Waals surface area contributed by atoms with Gasteiger partial charge in [-0.25, -0.2) is 13.4 Å². The van der Waals surface area contributed by atoms with Crippen molar-refractivity contribution in [2.75, 3.05) is 36.8 Å². The molecular formula is C12H16N6O2S. The van der Waals surface area contributed by atoms with E-state index in [1.807, 2.05) is 6.07 Å². The average molecular weight is 308 g/mol. The van der Waals surface area contributed by atoms with Crippen LogP contribution in [0.5, 0.6) is 0 Å². The predicted molar refractivity (Wildman–Crippen MR) is 78.2 cm³/mol. The second-order valence-electron chi connectivity index (χ2n) is 4.74. The SMILES string of the molecule is Nc1cnccc1N1CCN(S(=O)(=O)c2cnc[nH]2)CC1. The summed E-state index contributed by atoms with van der Waals surface area (Å²) in [5, 5.41) is 0.124. The minimum atomic E-state index is -3.49. The normalized spacial score (nSPS) is 17.0. The third-order valence-corrected chi connectivity index (χ3v) is 5.32. The first-order valence-corrected chi connectivity index (χ1v) is 7.96. The Balaban J connectivity index is 1.73. The minimum absolute atomic E-state index is 0.124. The predicted octanol–water partition coefficient (Wildman–Crippen LogP) is -0.102. The first-order chi connectivity index (χ1) is 10.1. The maximum atomic E-state index is 12.4. The number of hydrogen-bond acceptors (Lipinski definition) is 6. The van der Waals surface area contributed by atoms with E-state index in [4.69, 9.17) is 5.73 Å². The number of pyridine rings is 1. The third kappa shape index (κ3) is 2.57. The number of imidazole rings is 1. The summed E-state index contributed by atoms with van der Waals surface area (Å²) in [7, 11) is -3.49. The summed E-state index contributed by atoms with van der Waals surface area (Å²) >= 11 is 0. The molecule has 2 aromatic rings. The fourth-order valence-electron chi connectivity index (χ4n) is 2.38. The summed E-state index contributed by atoms with van der Waals surface area (Å²) in [4.78, 5) is 12.4. The molecular weight excluding hydrogens is 292 g/mol. The number of rotatable bonds is 3. The Morgan fingerprint density at radius 2 is 1.90 bits per heavy atom. The highest BCUT2D eigenvalue weighted by Crippen LogP contribution is 2.24. The van der Waals surface area contributed by atoms with Gasteiger partial charge in [0.15, 0.2) is 5.03 Å². The zero-order valence-corrected chi connectivity index (χ0v) is 12.1. The van der Waals surface area contributed by atoms with Crippen LogP contribution in [-0.2, 0) is 10.0 Å². The van der Waals surface area contributed by atoms with Crippen LogP contribution in [0.25, 0.3) is 0 Å². The van der Waals surface area contributed by atoms with E-state index in [1.54, 1.807) is 12.4 Å². The van der Waals surface area contributed by atoms with Crippen LogP contribution in [0, 0.1) is 0 Å². The lowest BCUT2D eigenvalue weighted by Gasteiger charge is -2.35. The van der Waals surface area contributed by atoms with Gasteiger partial charge in [0.25, 0.3) is 10.0 Å². The first kappa shape index (κ1) is 13.8. The van der Waals surface area contributed by atoms with Gasteiger partial charge in [0.2, 0.25) is 0 Å². The van der Waals surface area contributed by atoms with E-state index in [0.29, 0.717) is 31.9 Å². The van der Waals surface area contributed by atoms with Gasteiger partial charge < -0.3 is 15.6 Å². The Bertz CT molecular complexity index is 707. The molecule has 112 valence electrons. The Morgan fingerprint density at radius 3 is 2.52 bits per heavy atom. The molecule has 0 aliphatic carbocycles. The van der Waals surface area contributed by atoms with Gasteiger partial charge in [-0.2, -0.15) is 4.31 Å². The van der Waals surface area contributed by atoms with Crippen molar-refractivity contribution in [1.82, 2.24) is 19.3 Å². The molecule has 0 atom stereocenters. The van der Waals surface area contributed by atoms with Crippen molar-refractivity contribution in [3.8, 4) is 0 Å². The first-order valence-electron chi connectivity index (χ1n) is 6.52. The number of nitrogens with two attached hydrogens (primary N) is 1. The number of anilines is 2. The summed E-state index contributed by atoms with van der Waals surface area (Å²) in [5.41, 5.74) is 7.39. The highest BCUT2D eigenvalue weighted by Gasteiger charge is 2.29. The molecule has 1 aliphatic heterocycles. The maximum absolute atomic E-state index is 12.4. The van der Waals surface area contributed by atoms with Crippen LogP contribution in [0.15, 0.2) is 36.0 Å². The van der Waals surface area contributed by atoms with Gasteiger partial charge >= 0.3 is 0 Å². The van der Waals surface area contributed by atoms with Crippen LogP contribution >= 0.6 is 0 Å². The minimum Gasteiger partial charge on any atom is -0.396 e. The van der Waals surface area contributed by atoms with E-state index >= 15 is 0 Å². The third-order valence-electron chi connectivity index (χ3n) is 3.50. The number of aromatic amines is 1. The van der Waals surface area contributed by atoms with Crippen LogP contribution in [0.3, 0.4) is 0 Å². The summed E-state index contributed by atoms with van der Waals surface area (Å²) in [6.45, 7) is 1.98. The largest absolute Gasteiger partial charge is 0.396 e. The molecule has 0 bridgehead atoms. The van der Waals surface area contributed by atoms with E-state index in [9.17, 15) is 8.42 Å². The van der Waals surface area contributed by atoms with Gasteiger partial charge in [-0.3, -0.25) is 4.98 Å². The molecule has 1 aliphatic rings. The van der Waals surface area contributed by atoms with Crippen molar-refractivity contribution in [1.29, 1.82) is 0 Å². The molecule has 1 fully saturated rings. The Kier molecular flexibility index (Phi) is 3.52. The number of nitrogen functional groups attached to an aromatic ring is 1. The summed E-state index contributed by atoms with van der Waals surface area (Å²) in [6.07, 6.45) is 5.96. The quantitative estimate of drug-likeness (QED) is 0.819. The second-order valence-corrected chi connectivity index (χ2v) is 6.65. The zero-order chi connectivity index (χ0) is 14.9. The van der Waals surface area contributed by atoms with E-state index in [1.165, 1.54) is 16.8 Å². The van der Waals surface area contributed by atoms with Crippen LogP contribution in [0.2, 0.25) is 0 Å². The van der Waals surface area contributed by atoms with E-state index in [2.05, 4.69) is 19.9 Å². The Labute approximate surface area is 122 Å². The zero-order valence-electron chi connectivity index (χ0n) is 11.3. The topological polar surface area (TPSA) is 108 Å². The summed E-state index contributed by atoms with van der Waals surface area (Å²) < 4.78 is 26.2. The number of aromatic nitrogens is 3. The Hall–Kier alpha value is -2.13. The van der Waals surface area contributed by atoms with Gasteiger partial charge in [-0.05, 0) is 6.07 Å². The molecule has 2 aromatic heterocycles. The van der Waals surface area contributed by atoms with Crippen molar-refractivity contribution in [2.45, 2.75) is 5.03 Å². The highest BCUT2D eigenvalue weighted by molar-refractivity contribution is 7.89. The van der Waals surface area contributed by atoms with Gasteiger partial charge in [-0.15, -0.1) is 0 Å². The fraction of sp³-hybridized carbons (Fsp3) is 0.333. The molecule has 0 radical (unpaired) electrons. The van der Waals surface area contributed by atoms with Gasteiger partial charge in [0.1, 0.15) is 0 Å². The van der Waals surface area contributed by atoms with E-state index in [0.717, 1.165) is 5.69 Å². The van der Waals surface area contributed by atoms with Crippen molar-refractivity contribution in [3.05, 3.63) is 31.0 Å². The highest BCUT2D eigenvalue weighted by atomic mass is 32.2. The van der Waals surface area contributed by atoms with Crippen molar-refractivity contribution < 1.29 is 8.42 Å². The number of sulfonamides is 1. The van der Waals surface area contributed by atoms with Crippen molar-refractivity contribution in [2.24, 2.45) is 0 Å². The van der Waals surface area contributed by atoms with Gasteiger partial charge in [0.05, 0.1) is 30.1 Å². The summed E-state index contributed by atoms with van der Waals surface area (Å²) in [6, 6.07) is 1.84. The number of nitrogens with one attached hydrogen (secondary N) is 1. The van der Waals surface area contributed by atoms with Gasteiger partial charge in [0, 0.05) is 32.4 Å². The van der Waals surface area contributed by atoms with E-state index in [-0.39, 0.29) is 5.03 Å². The Morgan fingerprint density at radius 1 is 1.14 bits per heavy atom. The van der Waals surface area contributed by atoms with Crippen LogP contribution in [0.4, 0.5) is 11.4 Å². The number of hydrogen-bond donors (Lipinski definition) is 2. The summed E-state index contributed by atoms with van der Waals surface area (Å²) in [5.74, 6) is 0. The molecule has 8 nitrogen and oxygen atoms in total. The number of nitrogens with zero attached hydrogens (tertiary/aromatic N) is 4. The van der Waals surface area contributed by atoms with Crippen LogP contribution < -0.4 is 10.6 Å². The molecule has 3 rings (SSSR count). The number of H-pyrrole nitrogens is 1.